The molecule has 0 saturated carbocycles. The van der Waals surface area contributed by atoms with Gasteiger partial charge in [0.2, 0.25) is 0 Å². The van der Waals surface area contributed by atoms with Crippen molar-refractivity contribution in [2.75, 3.05) is 6.61 Å². The minimum atomic E-state index is -0.0201. The van der Waals surface area contributed by atoms with Crippen molar-refractivity contribution in [1.82, 2.24) is 0 Å². The van der Waals surface area contributed by atoms with Gasteiger partial charge in [-0.2, -0.15) is 0 Å². The zero-order valence-electron chi connectivity index (χ0n) is 13.4. The Morgan fingerprint density at radius 3 is 1.95 bits per heavy atom. The number of ether oxygens (including phenoxy) is 1. The first kappa shape index (κ1) is 18.5. The predicted octanol–water partition coefficient (Wildman–Crippen LogP) is 5.50. The van der Waals surface area contributed by atoms with Gasteiger partial charge >= 0.3 is 5.97 Å². The summed E-state index contributed by atoms with van der Waals surface area (Å²) in [6, 6.07) is 0. The second kappa shape index (κ2) is 13.9. The second-order valence-electron chi connectivity index (χ2n) is 5.98. The standard InChI is InChI=1S/C17H34O2/c1-4-5-6-7-8-9-10-11-12-15-19-17(18)14-13-16(2)3/h16H,4-15H2,1-3H3. The summed E-state index contributed by atoms with van der Waals surface area (Å²) in [7, 11) is 0. The Kier molecular flexibility index (Phi) is 13.5. The van der Waals surface area contributed by atoms with Gasteiger partial charge < -0.3 is 4.74 Å². The van der Waals surface area contributed by atoms with Gasteiger partial charge in [0.15, 0.2) is 0 Å². The minimum Gasteiger partial charge on any atom is -0.466 e. The topological polar surface area (TPSA) is 26.3 Å². The lowest BCUT2D eigenvalue weighted by molar-refractivity contribution is -0.144. The van der Waals surface area contributed by atoms with Crippen LogP contribution in [0.15, 0.2) is 0 Å². The summed E-state index contributed by atoms with van der Waals surface area (Å²) in [5.74, 6) is 0.563. The van der Waals surface area contributed by atoms with Crippen molar-refractivity contribution in [3.8, 4) is 0 Å². The fourth-order valence-electron chi connectivity index (χ4n) is 2.08. The number of hydrogen-bond acceptors (Lipinski definition) is 2. The third kappa shape index (κ3) is 15.4. The van der Waals surface area contributed by atoms with Crippen molar-refractivity contribution < 1.29 is 9.53 Å². The number of carbonyl (C=O) groups excluding carboxylic acids is 1. The van der Waals surface area contributed by atoms with E-state index in [4.69, 9.17) is 4.74 Å². The first-order valence-electron chi connectivity index (χ1n) is 8.32. The summed E-state index contributed by atoms with van der Waals surface area (Å²) in [5, 5.41) is 0. The largest absolute Gasteiger partial charge is 0.466 e. The summed E-state index contributed by atoms with van der Waals surface area (Å²) >= 11 is 0. The molecule has 0 atom stereocenters. The molecule has 0 aromatic rings. The smallest absolute Gasteiger partial charge is 0.305 e. The molecule has 0 radical (unpaired) electrons. The number of rotatable bonds is 13. The molecule has 0 spiro atoms. The third-order valence-electron chi connectivity index (χ3n) is 3.44. The molecule has 0 amide bonds. The Bertz CT molecular complexity index is 199. The number of esters is 1. The van der Waals surface area contributed by atoms with Crippen molar-refractivity contribution >= 4 is 5.97 Å². The Morgan fingerprint density at radius 1 is 0.895 bits per heavy atom. The second-order valence-corrected chi connectivity index (χ2v) is 5.98. The van der Waals surface area contributed by atoms with Crippen molar-refractivity contribution in [2.24, 2.45) is 5.92 Å². The molecule has 0 aliphatic heterocycles. The molecule has 2 nitrogen and oxygen atoms in total. The number of unbranched alkanes of at least 4 members (excludes halogenated alkanes) is 8. The SMILES string of the molecule is CCCCCCCCCCCOC(=O)CCC(C)C. The maximum Gasteiger partial charge on any atom is 0.305 e. The normalized spacial score (nSPS) is 10.9. The highest BCUT2D eigenvalue weighted by atomic mass is 16.5. The summed E-state index contributed by atoms with van der Waals surface area (Å²) in [4.78, 5) is 11.4. The van der Waals surface area contributed by atoms with Gasteiger partial charge in [-0.3, -0.25) is 4.79 Å². The van der Waals surface area contributed by atoms with E-state index in [9.17, 15) is 4.79 Å². The maximum absolute atomic E-state index is 11.4. The highest BCUT2D eigenvalue weighted by Gasteiger charge is 2.04. The van der Waals surface area contributed by atoms with Crippen LogP contribution in [0.4, 0.5) is 0 Å². The summed E-state index contributed by atoms with van der Waals surface area (Å²) in [6.07, 6.45) is 13.2. The van der Waals surface area contributed by atoms with Crippen LogP contribution in [0.2, 0.25) is 0 Å². The van der Waals surface area contributed by atoms with Gasteiger partial charge in [0.1, 0.15) is 0 Å². The molecule has 0 rings (SSSR count). The Balaban J connectivity index is 3.11. The van der Waals surface area contributed by atoms with Crippen molar-refractivity contribution in [3.05, 3.63) is 0 Å². The lowest BCUT2D eigenvalue weighted by Gasteiger charge is -2.06. The summed E-state index contributed by atoms with van der Waals surface area (Å²) < 4.78 is 5.21. The van der Waals surface area contributed by atoms with Gasteiger partial charge in [0.25, 0.3) is 0 Å². The van der Waals surface area contributed by atoms with E-state index in [0.29, 0.717) is 18.9 Å². The van der Waals surface area contributed by atoms with E-state index >= 15 is 0 Å². The van der Waals surface area contributed by atoms with Crippen molar-refractivity contribution in [2.45, 2.75) is 91.4 Å². The van der Waals surface area contributed by atoms with Crippen LogP contribution in [0, 0.1) is 5.92 Å². The molecule has 0 heterocycles. The van der Waals surface area contributed by atoms with Crippen molar-refractivity contribution in [3.63, 3.8) is 0 Å². The summed E-state index contributed by atoms with van der Waals surface area (Å²) in [6.45, 7) is 7.14. The van der Waals surface area contributed by atoms with Crippen LogP contribution >= 0.6 is 0 Å². The van der Waals surface area contributed by atoms with Crippen LogP contribution in [0.5, 0.6) is 0 Å². The molecular weight excluding hydrogens is 236 g/mol. The number of carbonyl (C=O) groups is 1. The van der Waals surface area contributed by atoms with E-state index in [1.54, 1.807) is 0 Å². The third-order valence-corrected chi connectivity index (χ3v) is 3.44. The van der Waals surface area contributed by atoms with E-state index in [0.717, 1.165) is 12.8 Å². The quantitative estimate of drug-likeness (QED) is 0.326. The Hall–Kier alpha value is -0.530. The van der Waals surface area contributed by atoms with Crippen LogP contribution < -0.4 is 0 Å². The molecule has 0 unspecified atom stereocenters. The zero-order chi connectivity index (χ0) is 14.3. The predicted molar refractivity (Wildman–Crippen MR) is 82.3 cm³/mol. The van der Waals surface area contributed by atoms with Crippen LogP contribution in [-0.2, 0) is 9.53 Å². The Morgan fingerprint density at radius 2 is 1.42 bits per heavy atom. The molecule has 0 bridgehead atoms. The van der Waals surface area contributed by atoms with Gasteiger partial charge in [-0.05, 0) is 18.8 Å². The van der Waals surface area contributed by atoms with E-state index < -0.39 is 0 Å². The van der Waals surface area contributed by atoms with Gasteiger partial charge in [-0.15, -0.1) is 0 Å². The van der Waals surface area contributed by atoms with Gasteiger partial charge in [-0.1, -0.05) is 72.1 Å². The summed E-state index contributed by atoms with van der Waals surface area (Å²) in [5.41, 5.74) is 0. The van der Waals surface area contributed by atoms with Crippen LogP contribution in [-0.4, -0.2) is 12.6 Å². The lowest BCUT2D eigenvalue weighted by Crippen LogP contribution is -2.06. The monoisotopic (exact) mass is 270 g/mol. The highest BCUT2D eigenvalue weighted by molar-refractivity contribution is 5.69. The molecule has 0 aliphatic rings. The first-order chi connectivity index (χ1) is 9.16. The lowest BCUT2D eigenvalue weighted by atomic mass is 10.1. The van der Waals surface area contributed by atoms with Gasteiger partial charge in [-0.25, -0.2) is 0 Å². The molecule has 0 saturated heterocycles. The molecule has 0 fully saturated rings. The van der Waals surface area contributed by atoms with Gasteiger partial charge in [0, 0.05) is 6.42 Å². The molecule has 0 aromatic carbocycles. The fraction of sp³-hybridized carbons (Fsp3) is 0.941. The Labute approximate surface area is 120 Å². The highest BCUT2D eigenvalue weighted by Crippen LogP contribution is 2.10. The van der Waals surface area contributed by atoms with Gasteiger partial charge in [0.05, 0.1) is 6.61 Å². The van der Waals surface area contributed by atoms with E-state index in [1.807, 2.05) is 0 Å². The minimum absolute atomic E-state index is 0.0201. The first-order valence-corrected chi connectivity index (χ1v) is 8.32. The average molecular weight is 270 g/mol. The fourth-order valence-corrected chi connectivity index (χ4v) is 2.08. The zero-order valence-corrected chi connectivity index (χ0v) is 13.4. The van der Waals surface area contributed by atoms with Crippen molar-refractivity contribution in [1.29, 1.82) is 0 Å². The van der Waals surface area contributed by atoms with Crippen LogP contribution in [0.25, 0.3) is 0 Å². The molecule has 0 aliphatic carbocycles. The average Bonchev–Trinajstić information content (AvgIpc) is 2.38. The van der Waals surface area contributed by atoms with Crippen LogP contribution in [0.1, 0.15) is 91.4 Å². The number of hydrogen-bond donors (Lipinski definition) is 0. The molecule has 0 aromatic heterocycles. The maximum atomic E-state index is 11.4. The molecule has 19 heavy (non-hydrogen) atoms. The van der Waals surface area contributed by atoms with Crippen LogP contribution in [0.3, 0.4) is 0 Å². The molecule has 114 valence electrons. The van der Waals surface area contributed by atoms with E-state index in [2.05, 4.69) is 20.8 Å². The molecule has 2 heteroatoms. The molecular formula is C17H34O2. The van der Waals surface area contributed by atoms with E-state index in [-0.39, 0.29) is 5.97 Å². The molecule has 0 N–H and O–H groups in total. The van der Waals surface area contributed by atoms with E-state index in [1.165, 1.54) is 51.4 Å².